The highest BCUT2D eigenvalue weighted by molar-refractivity contribution is 9.09. The standard InChI is InChI=1S/C10H21BrO2/c1-2-3-4-5-6-7-8-9-10(11,12)13/h12-13H,2-9H2,1H3. The number of hydrogen-bond donors (Lipinski definition) is 2. The highest BCUT2D eigenvalue weighted by atomic mass is 79.9. The van der Waals surface area contributed by atoms with Gasteiger partial charge in [-0.1, -0.05) is 45.4 Å². The molecular formula is C10H21BrO2. The molecule has 2 nitrogen and oxygen atoms in total. The van der Waals surface area contributed by atoms with E-state index in [1.807, 2.05) is 0 Å². The molecule has 0 amide bonds. The van der Waals surface area contributed by atoms with Gasteiger partial charge in [-0.3, -0.25) is 0 Å². The number of halogens is 1. The molecule has 0 heterocycles. The minimum Gasteiger partial charge on any atom is -0.357 e. The van der Waals surface area contributed by atoms with Gasteiger partial charge in [-0.2, -0.15) is 0 Å². The van der Waals surface area contributed by atoms with Crippen LogP contribution >= 0.6 is 15.9 Å². The number of alkyl halides is 1. The molecular weight excluding hydrogens is 232 g/mol. The van der Waals surface area contributed by atoms with Crippen LogP contribution in [0.5, 0.6) is 0 Å². The summed E-state index contributed by atoms with van der Waals surface area (Å²) in [4.78, 5) is 0. The number of hydrogen-bond acceptors (Lipinski definition) is 2. The van der Waals surface area contributed by atoms with Gasteiger partial charge in [-0.05, 0) is 22.4 Å². The van der Waals surface area contributed by atoms with Crippen molar-refractivity contribution in [2.75, 3.05) is 0 Å². The first-order valence-electron chi connectivity index (χ1n) is 5.20. The van der Waals surface area contributed by atoms with Gasteiger partial charge in [0.1, 0.15) is 0 Å². The molecule has 0 spiro atoms. The second kappa shape index (κ2) is 7.77. The van der Waals surface area contributed by atoms with Gasteiger partial charge in [0.2, 0.25) is 4.70 Å². The third-order valence-corrected chi connectivity index (χ3v) is 2.49. The summed E-state index contributed by atoms with van der Waals surface area (Å²) in [5.74, 6) is 0. The Morgan fingerprint density at radius 2 is 1.38 bits per heavy atom. The van der Waals surface area contributed by atoms with E-state index in [9.17, 15) is 0 Å². The highest BCUT2D eigenvalue weighted by Gasteiger charge is 2.15. The molecule has 0 aromatic carbocycles. The lowest BCUT2D eigenvalue weighted by molar-refractivity contribution is -0.0753. The van der Waals surface area contributed by atoms with Crippen molar-refractivity contribution in [3.05, 3.63) is 0 Å². The summed E-state index contributed by atoms with van der Waals surface area (Å²) in [6.07, 6.45) is 8.79. The molecule has 0 aliphatic rings. The smallest absolute Gasteiger partial charge is 0.221 e. The van der Waals surface area contributed by atoms with Crippen molar-refractivity contribution in [1.29, 1.82) is 0 Å². The van der Waals surface area contributed by atoms with E-state index in [2.05, 4.69) is 22.9 Å². The van der Waals surface area contributed by atoms with Crippen molar-refractivity contribution in [2.24, 2.45) is 0 Å². The van der Waals surface area contributed by atoms with E-state index in [1.165, 1.54) is 32.1 Å². The molecule has 80 valence electrons. The van der Waals surface area contributed by atoms with Crippen molar-refractivity contribution in [3.63, 3.8) is 0 Å². The van der Waals surface area contributed by atoms with Gasteiger partial charge in [-0.15, -0.1) is 0 Å². The largest absolute Gasteiger partial charge is 0.357 e. The van der Waals surface area contributed by atoms with Gasteiger partial charge in [0.25, 0.3) is 0 Å². The Morgan fingerprint density at radius 1 is 0.923 bits per heavy atom. The van der Waals surface area contributed by atoms with Crippen LogP contribution in [0.4, 0.5) is 0 Å². The second-order valence-electron chi connectivity index (χ2n) is 3.59. The molecule has 0 radical (unpaired) electrons. The van der Waals surface area contributed by atoms with Gasteiger partial charge < -0.3 is 10.2 Å². The average molecular weight is 253 g/mol. The first-order chi connectivity index (χ1) is 6.06. The average Bonchev–Trinajstić information content (AvgIpc) is 2.01. The van der Waals surface area contributed by atoms with E-state index >= 15 is 0 Å². The lowest BCUT2D eigenvalue weighted by atomic mass is 10.1. The van der Waals surface area contributed by atoms with Crippen molar-refractivity contribution < 1.29 is 10.2 Å². The Labute approximate surface area is 89.5 Å². The quantitative estimate of drug-likeness (QED) is 0.396. The van der Waals surface area contributed by atoms with Gasteiger partial charge in [0.15, 0.2) is 0 Å². The van der Waals surface area contributed by atoms with Gasteiger partial charge in [0, 0.05) is 6.42 Å². The van der Waals surface area contributed by atoms with E-state index in [4.69, 9.17) is 10.2 Å². The van der Waals surface area contributed by atoms with Gasteiger partial charge in [0.05, 0.1) is 0 Å². The molecule has 3 heteroatoms. The molecule has 0 aliphatic carbocycles. The summed E-state index contributed by atoms with van der Waals surface area (Å²) in [5.41, 5.74) is 0. The molecule has 0 aromatic heterocycles. The monoisotopic (exact) mass is 252 g/mol. The maximum absolute atomic E-state index is 8.93. The Kier molecular flexibility index (Phi) is 8.01. The first-order valence-corrected chi connectivity index (χ1v) is 5.99. The van der Waals surface area contributed by atoms with Crippen molar-refractivity contribution in [3.8, 4) is 0 Å². The number of unbranched alkanes of at least 4 members (excludes halogenated alkanes) is 6. The summed E-state index contributed by atoms with van der Waals surface area (Å²) >= 11 is 2.78. The normalized spacial score (nSPS) is 12.0. The third-order valence-electron chi connectivity index (χ3n) is 2.10. The Bertz CT molecular complexity index is 110. The summed E-state index contributed by atoms with van der Waals surface area (Å²) in [6, 6.07) is 0. The number of rotatable bonds is 8. The van der Waals surface area contributed by atoms with E-state index in [1.54, 1.807) is 0 Å². The van der Waals surface area contributed by atoms with Crippen LogP contribution < -0.4 is 0 Å². The van der Waals surface area contributed by atoms with Crippen LogP contribution in [0, 0.1) is 0 Å². The Balaban J connectivity index is 3.00. The topological polar surface area (TPSA) is 40.5 Å². The van der Waals surface area contributed by atoms with Crippen LogP contribution in [0.2, 0.25) is 0 Å². The van der Waals surface area contributed by atoms with Crippen LogP contribution in [0.25, 0.3) is 0 Å². The second-order valence-corrected chi connectivity index (χ2v) is 4.86. The minimum absolute atomic E-state index is 0.417. The van der Waals surface area contributed by atoms with E-state index in [0.717, 1.165) is 12.8 Å². The van der Waals surface area contributed by atoms with Crippen LogP contribution in [-0.2, 0) is 0 Å². The van der Waals surface area contributed by atoms with Crippen LogP contribution in [0.3, 0.4) is 0 Å². The molecule has 0 rings (SSSR count). The minimum atomic E-state index is -1.64. The Hall–Kier alpha value is 0.400. The summed E-state index contributed by atoms with van der Waals surface area (Å²) < 4.78 is -1.64. The van der Waals surface area contributed by atoms with Crippen molar-refractivity contribution in [2.45, 2.75) is 63.0 Å². The van der Waals surface area contributed by atoms with E-state index < -0.39 is 4.70 Å². The lowest BCUT2D eigenvalue weighted by Crippen LogP contribution is -2.17. The van der Waals surface area contributed by atoms with Gasteiger partial charge in [-0.25, -0.2) is 0 Å². The molecule has 2 N–H and O–H groups in total. The van der Waals surface area contributed by atoms with Crippen LogP contribution in [0.1, 0.15) is 58.3 Å². The molecule has 0 fully saturated rings. The lowest BCUT2D eigenvalue weighted by Gasteiger charge is -2.12. The van der Waals surface area contributed by atoms with Crippen LogP contribution in [0.15, 0.2) is 0 Å². The molecule has 0 aromatic rings. The number of aliphatic hydroxyl groups is 2. The third kappa shape index (κ3) is 12.4. The maximum atomic E-state index is 8.93. The molecule has 0 unspecified atom stereocenters. The molecule has 0 aliphatic heterocycles. The molecule has 0 saturated heterocycles. The first kappa shape index (κ1) is 13.4. The van der Waals surface area contributed by atoms with Crippen LogP contribution in [-0.4, -0.2) is 14.9 Å². The van der Waals surface area contributed by atoms with Gasteiger partial charge >= 0.3 is 0 Å². The summed E-state index contributed by atoms with van der Waals surface area (Å²) in [7, 11) is 0. The summed E-state index contributed by atoms with van der Waals surface area (Å²) in [5, 5.41) is 17.9. The molecule has 0 bridgehead atoms. The predicted octanol–water partition coefficient (Wildman–Crippen LogP) is 3.16. The molecule has 13 heavy (non-hydrogen) atoms. The zero-order valence-corrected chi connectivity index (χ0v) is 10.0. The van der Waals surface area contributed by atoms with Crippen molar-refractivity contribution in [1.82, 2.24) is 0 Å². The fraction of sp³-hybridized carbons (Fsp3) is 1.00. The van der Waals surface area contributed by atoms with Crippen molar-refractivity contribution >= 4 is 15.9 Å². The SMILES string of the molecule is CCCCCCCCCC(O)(O)Br. The maximum Gasteiger partial charge on any atom is 0.221 e. The predicted molar refractivity (Wildman–Crippen MR) is 58.7 cm³/mol. The van der Waals surface area contributed by atoms with E-state index in [-0.39, 0.29) is 0 Å². The fourth-order valence-electron chi connectivity index (χ4n) is 1.31. The summed E-state index contributed by atoms with van der Waals surface area (Å²) in [6.45, 7) is 2.21. The molecule has 0 saturated carbocycles. The highest BCUT2D eigenvalue weighted by Crippen LogP contribution is 2.18. The van der Waals surface area contributed by atoms with E-state index in [0.29, 0.717) is 6.42 Å². The zero-order chi connectivity index (χ0) is 10.2. The molecule has 0 atom stereocenters. The zero-order valence-electron chi connectivity index (χ0n) is 8.43. The fourth-order valence-corrected chi connectivity index (χ4v) is 1.59. The Morgan fingerprint density at radius 3 is 1.85 bits per heavy atom.